The summed E-state index contributed by atoms with van der Waals surface area (Å²) in [5.74, 6) is -1.15. The SMILES string of the molecule is O=C1CC(CS(=O)(=O)F)CN1CCc1cnc2ccccc2c1. The van der Waals surface area contributed by atoms with Crippen LogP contribution >= 0.6 is 0 Å². The van der Waals surface area contributed by atoms with Crippen molar-refractivity contribution in [1.82, 2.24) is 9.88 Å². The number of likely N-dealkylation sites (tertiary alicyclic amines) is 1. The molecule has 7 heteroatoms. The molecule has 1 fully saturated rings. The van der Waals surface area contributed by atoms with E-state index in [4.69, 9.17) is 0 Å². The van der Waals surface area contributed by atoms with Crippen LogP contribution in [-0.2, 0) is 21.4 Å². The Morgan fingerprint density at radius 2 is 2.09 bits per heavy atom. The molecule has 0 N–H and O–H groups in total. The highest BCUT2D eigenvalue weighted by Crippen LogP contribution is 2.21. The molecule has 0 spiro atoms. The van der Waals surface area contributed by atoms with Gasteiger partial charge in [0.05, 0.1) is 11.3 Å². The van der Waals surface area contributed by atoms with Crippen molar-refractivity contribution in [3.05, 3.63) is 42.1 Å². The molecule has 23 heavy (non-hydrogen) atoms. The molecule has 5 nitrogen and oxygen atoms in total. The van der Waals surface area contributed by atoms with Crippen LogP contribution in [0.5, 0.6) is 0 Å². The van der Waals surface area contributed by atoms with Crippen molar-refractivity contribution in [3.63, 3.8) is 0 Å². The average Bonchev–Trinajstić information content (AvgIpc) is 2.82. The highest BCUT2D eigenvalue weighted by Gasteiger charge is 2.32. The van der Waals surface area contributed by atoms with Gasteiger partial charge in [0, 0.05) is 37.0 Å². The first-order valence-electron chi connectivity index (χ1n) is 7.44. The summed E-state index contributed by atoms with van der Waals surface area (Å²) in [5, 5.41) is 1.04. The van der Waals surface area contributed by atoms with Gasteiger partial charge < -0.3 is 4.90 Å². The summed E-state index contributed by atoms with van der Waals surface area (Å²) in [4.78, 5) is 17.9. The fourth-order valence-electron chi connectivity index (χ4n) is 2.98. The molecule has 1 unspecified atom stereocenters. The maximum Gasteiger partial charge on any atom is 0.302 e. The fraction of sp³-hybridized carbons (Fsp3) is 0.375. The Morgan fingerprint density at radius 1 is 1.30 bits per heavy atom. The Morgan fingerprint density at radius 3 is 2.87 bits per heavy atom. The number of carbonyl (C=O) groups is 1. The first-order chi connectivity index (χ1) is 10.9. The zero-order valence-corrected chi connectivity index (χ0v) is 13.3. The summed E-state index contributed by atoms with van der Waals surface area (Å²) in [6, 6.07) is 9.82. The zero-order chi connectivity index (χ0) is 16.4. The van der Waals surface area contributed by atoms with Crippen LogP contribution in [0.3, 0.4) is 0 Å². The Labute approximate surface area is 134 Å². The number of nitrogens with zero attached hydrogens (tertiary/aromatic N) is 2. The van der Waals surface area contributed by atoms with Crippen molar-refractivity contribution in [2.75, 3.05) is 18.8 Å². The van der Waals surface area contributed by atoms with Gasteiger partial charge in [0.25, 0.3) is 0 Å². The van der Waals surface area contributed by atoms with Crippen molar-refractivity contribution < 1.29 is 17.1 Å². The molecule has 1 aromatic heterocycles. The average molecular weight is 336 g/mol. The van der Waals surface area contributed by atoms with Crippen LogP contribution in [0.25, 0.3) is 10.9 Å². The molecule has 1 saturated heterocycles. The van der Waals surface area contributed by atoms with Gasteiger partial charge in [-0.1, -0.05) is 18.2 Å². The largest absolute Gasteiger partial charge is 0.342 e. The molecular weight excluding hydrogens is 319 g/mol. The van der Waals surface area contributed by atoms with Gasteiger partial charge in [0.2, 0.25) is 5.91 Å². The van der Waals surface area contributed by atoms with Gasteiger partial charge in [-0.05, 0) is 24.1 Å². The number of aromatic nitrogens is 1. The molecule has 2 heterocycles. The first kappa shape index (κ1) is 15.9. The molecule has 1 aliphatic rings. The minimum absolute atomic E-state index is 0.0963. The predicted octanol–water partition coefficient (Wildman–Crippen LogP) is 1.93. The molecule has 0 aliphatic carbocycles. The highest BCUT2D eigenvalue weighted by molar-refractivity contribution is 7.86. The Hall–Kier alpha value is -2.02. The molecule has 0 saturated carbocycles. The highest BCUT2D eigenvalue weighted by atomic mass is 32.3. The predicted molar refractivity (Wildman–Crippen MR) is 85.0 cm³/mol. The number of pyridine rings is 1. The topological polar surface area (TPSA) is 67.3 Å². The third-order valence-corrected chi connectivity index (χ3v) is 4.92. The van der Waals surface area contributed by atoms with Crippen LogP contribution in [0.1, 0.15) is 12.0 Å². The molecule has 1 atom stereocenters. The third-order valence-electron chi connectivity index (χ3n) is 4.05. The lowest BCUT2D eigenvalue weighted by atomic mass is 10.1. The number of benzene rings is 1. The summed E-state index contributed by atoms with van der Waals surface area (Å²) >= 11 is 0. The van der Waals surface area contributed by atoms with E-state index in [1.165, 1.54) is 0 Å². The van der Waals surface area contributed by atoms with E-state index in [0.29, 0.717) is 19.5 Å². The van der Waals surface area contributed by atoms with E-state index < -0.39 is 21.9 Å². The molecule has 1 amide bonds. The second kappa shape index (κ2) is 6.23. The third kappa shape index (κ3) is 4.04. The number of rotatable bonds is 5. The minimum atomic E-state index is -4.53. The number of halogens is 1. The summed E-state index contributed by atoms with van der Waals surface area (Å²) in [6.45, 7) is 0.782. The molecule has 2 aromatic rings. The number of hydrogen-bond donors (Lipinski definition) is 0. The van der Waals surface area contributed by atoms with E-state index in [-0.39, 0.29) is 12.3 Å². The summed E-state index contributed by atoms with van der Waals surface area (Å²) in [7, 11) is -4.53. The lowest BCUT2D eigenvalue weighted by Gasteiger charge is -2.16. The van der Waals surface area contributed by atoms with Crippen molar-refractivity contribution >= 4 is 27.0 Å². The van der Waals surface area contributed by atoms with Gasteiger partial charge in [-0.2, -0.15) is 8.42 Å². The molecule has 3 rings (SSSR count). The summed E-state index contributed by atoms with van der Waals surface area (Å²) < 4.78 is 34.1. The Kier molecular flexibility index (Phi) is 4.30. The van der Waals surface area contributed by atoms with Gasteiger partial charge in [0.15, 0.2) is 0 Å². The van der Waals surface area contributed by atoms with E-state index >= 15 is 0 Å². The smallest absolute Gasteiger partial charge is 0.302 e. The van der Waals surface area contributed by atoms with Gasteiger partial charge in [-0.25, -0.2) is 0 Å². The molecule has 0 bridgehead atoms. The fourth-order valence-corrected chi connectivity index (χ4v) is 3.77. The van der Waals surface area contributed by atoms with Crippen LogP contribution in [0, 0.1) is 5.92 Å². The first-order valence-corrected chi connectivity index (χ1v) is 9.00. The Balaban J connectivity index is 1.62. The van der Waals surface area contributed by atoms with Crippen LogP contribution < -0.4 is 0 Å². The summed E-state index contributed by atoms with van der Waals surface area (Å²) in [5.41, 5.74) is 1.93. The van der Waals surface area contributed by atoms with E-state index in [1.54, 1.807) is 11.1 Å². The number of fused-ring (bicyclic) bond motifs is 1. The van der Waals surface area contributed by atoms with E-state index in [9.17, 15) is 17.1 Å². The monoisotopic (exact) mass is 336 g/mol. The maximum atomic E-state index is 12.7. The molecule has 1 aliphatic heterocycles. The lowest BCUT2D eigenvalue weighted by molar-refractivity contribution is -0.127. The Bertz CT molecular complexity index is 838. The van der Waals surface area contributed by atoms with Gasteiger partial charge in [-0.3, -0.25) is 9.78 Å². The second-order valence-corrected chi connectivity index (χ2v) is 7.31. The quantitative estimate of drug-likeness (QED) is 0.783. The standard InChI is InChI=1S/C16H17FN2O3S/c17-23(21,22)11-13-8-16(20)19(10-13)6-5-12-7-14-3-1-2-4-15(14)18-9-12/h1-4,7,9,13H,5-6,8,10-11H2. The van der Waals surface area contributed by atoms with Crippen LogP contribution in [0.15, 0.2) is 36.5 Å². The molecule has 1 aromatic carbocycles. The van der Waals surface area contributed by atoms with Crippen molar-refractivity contribution in [3.8, 4) is 0 Å². The van der Waals surface area contributed by atoms with Crippen LogP contribution in [0.4, 0.5) is 3.89 Å². The molecule has 0 radical (unpaired) electrons. The zero-order valence-electron chi connectivity index (χ0n) is 12.5. The van der Waals surface area contributed by atoms with Gasteiger partial charge >= 0.3 is 10.2 Å². The number of hydrogen-bond acceptors (Lipinski definition) is 4. The second-order valence-electron chi connectivity index (χ2n) is 5.90. The number of carbonyl (C=O) groups excluding carboxylic acids is 1. The normalized spacial score (nSPS) is 18.7. The van der Waals surface area contributed by atoms with E-state index in [2.05, 4.69) is 4.98 Å². The van der Waals surface area contributed by atoms with E-state index in [0.717, 1.165) is 16.5 Å². The lowest BCUT2D eigenvalue weighted by Crippen LogP contribution is -2.28. The minimum Gasteiger partial charge on any atom is -0.342 e. The van der Waals surface area contributed by atoms with E-state index in [1.807, 2.05) is 30.3 Å². The summed E-state index contributed by atoms with van der Waals surface area (Å²) in [6.07, 6.45) is 2.52. The number of para-hydroxylation sites is 1. The van der Waals surface area contributed by atoms with Crippen molar-refractivity contribution in [2.24, 2.45) is 5.92 Å². The number of amides is 1. The molecular formula is C16H17FN2O3S. The molecule has 122 valence electrons. The maximum absolute atomic E-state index is 12.7. The van der Waals surface area contributed by atoms with Crippen molar-refractivity contribution in [2.45, 2.75) is 12.8 Å². The van der Waals surface area contributed by atoms with Crippen molar-refractivity contribution in [1.29, 1.82) is 0 Å². The van der Waals surface area contributed by atoms with Gasteiger partial charge in [0.1, 0.15) is 0 Å². The van der Waals surface area contributed by atoms with Gasteiger partial charge in [-0.15, -0.1) is 3.89 Å². The van der Waals surface area contributed by atoms with Crippen LogP contribution in [-0.4, -0.2) is 43.1 Å². The van der Waals surface area contributed by atoms with Crippen LogP contribution in [0.2, 0.25) is 0 Å².